The van der Waals surface area contributed by atoms with Crippen LogP contribution < -0.4 is 0 Å². The molecule has 166 valence electrons. The van der Waals surface area contributed by atoms with E-state index in [4.69, 9.17) is 11.6 Å². The van der Waals surface area contributed by atoms with Crippen molar-refractivity contribution in [1.29, 1.82) is 0 Å². The van der Waals surface area contributed by atoms with Gasteiger partial charge in [0.2, 0.25) is 0 Å². The molecule has 1 heterocycles. The zero-order valence-electron chi connectivity index (χ0n) is 18.0. The number of halogens is 4. The summed E-state index contributed by atoms with van der Waals surface area (Å²) in [6.07, 6.45) is -2.34. The van der Waals surface area contributed by atoms with Gasteiger partial charge >= 0.3 is 6.18 Å². The van der Waals surface area contributed by atoms with Gasteiger partial charge in [0, 0.05) is 42.6 Å². The van der Waals surface area contributed by atoms with Crippen molar-refractivity contribution < 1.29 is 13.2 Å². The summed E-state index contributed by atoms with van der Waals surface area (Å²) in [5.74, 6) is 0.470. The maximum absolute atomic E-state index is 12.8. The summed E-state index contributed by atoms with van der Waals surface area (Å²) >= 11 is 6.17. The smallest absolute Gasteiger partial charge is 0.346 e. The summed E-state index contributed by atoms with van der Waals surface area (Å²) in [6, 6.07) is 17.7. The first-order valence-electron chi connectivity index (χ1n) is 10.4. The topological polar surface area (TPSA) is 8.17 Å². The summed E-state index contributed by atoms with van der Waals surface area (Å²) in [7, 11) is 0. The maximum Gasteiger partial charge on any atom is 0.416 e. The van der Waals surface area contributed by atoms with Gasteiger partial charge < -0.3 is 4.57 Å². The fraction of sp³-hybridized carbons (Fsp3) is 0.360. The van der Waals surface area contributed by atoms with E-state index in [1.807, 2.05) is 30.5 Å². The van der Waals surface area contributed by atoms with Gasteiger partial charge in [0.25, 0.3) is 0 Å². The molecule has 0 aliphatic rings. The molecule has 0 spiro atoms. The number of hydrogen-bond acceptors (Lipinski definition) is 1. The Balaban J connectivity index is 1.77. The Kier molecular flexibility index (Phi) is 7.50. The quantitative estimate of drug-likeness (QED) is 0.352. The molecule has 1 unspecified atom stereocenters. The first-order valence-corrected chi connectivity index (χ1v) is 10.8. The van der Waals surface area contributed by atoms with Gasteiger partial charge in [-0.3, -0.25) is 4.90 Å². The van der Waals surface area contributed by atoms with Crippen LogP contribution in [0.4, 0.5) is 13.2 Å². The van der Waals surface area contributed by atoms with Crippen LogP contribution in [-0.2, 0) is 25.8 Å². The molecule has 1 aromatic heterocycles. The maximum atomic E-state index is 12.8. The van der Waals surface area contributed by atoms with Crippen molar-refractivity contribution in [3.63, 3.8) is 0 Å². The predicted octanol–water partition coefficient (Wildman–Crippen LogP) is 7.26. The molecule has 0 aliphatic carbocycles. The molecule has 0 saturated heterocycles. The molecule has 3 aromatic rings. The molecule has 0 saturated carbocycles. The Hall–Kier alpha value is -2.24. The summed E-state index contributed by atoms with van der Waals surface area (Å²) in [5.41, 5.74) is 2.49. The van der Waals surface area contributed by atoms with Crippen molar-refractivity contribution in [3.05, 3.63) is 94.3 Å². The molecule has 0 aliphatic heterocycles. The van der Waals surface area contributed by atoms with E-state index >= 15 is 0 Å². The minimum Gasteiger partial charge on any atom is -0.346 e. The zero-order valence-corrected chi connectivity index (χ0v) is 18.8. The number of aromatic nitrogens is 1. The number of alkyl halides is 3. The zero-order chi connectivity index (χ0) is 22.6. The third-order valence-corrected chi connectivity index (χ3v) is 5.97. The molecule has 6 heteroatoms. The normalized spacial score (nSPS) is 13.2. The Labute approximate surface area is 187 Å². The number of hydrogen-bond donors (Lipinski definition) is 0. The molecule has 1 atom stereocenters. The SMILES string of the molecule is CC(C)C(C)N(Cc1cccc(Cl)c1)Cc1cccn1Cc1ccc(C(F)(F)F)cc1. The minimum atomic E-state index is -4.31. The number of nitrogens with zero attached hydrogens (tertiary/aromatic N) is 2. The van der Waals surface area contributed by atoms with Crippen molar-refractivity contribution in [2.45, 2.75) is 52.6 Å². The number of benzene rings is 2. The summed E-state index contributed by atoms with van der Waals surface area (Å²) in [6.45, 7) is 8.67. The van der Waals surface area contributed by atoms with Crippen molar-refractivity contribution in [2.75, 3.05) is 0 Å². The second-order valence-corrected chi connectivity index (χ2v) is 8.78. The number of rotatable bonds is 8. The molecular weight excluding hydrogens is 421 g/mol. The van der Waals surface area contributed by atoms with Gasteiger partial charge in [-0.15, -0.1) is 0 Å². The van der Waals surface area contributed by atoms with Gasteiger partial charge in [0.15, 0.2) is 0 Å². The lowest BCUT2D eigenvalue weighted by atomic mass is 10.0. The highest BCUT2D eigenvalue weighted by Crippen LogP contribution is 2.29. The van der Waals surface area contributed by atoms with Gasteiger partial charge in [-0.2, -0.15) is 13.2 Å². The molecule has 2 nitrogen and oxygen atoms in total. The lowest BCUT2D eigenvalue weighted by Gasteiger charge is -2.32. The molecule has 31 heavy (non-hydrogen) atoms. The van der Waals surface area contributed by atoms with Crippen LogP contribution in [0.3, 0.4) is 0 Å². The van der Waals surface area contributed by atoms with E-state index < -0.39 is 11.7 Å². The van der Waals surface area contributed by atoms with Crippen LogP contribution in [0.25, 0.3) is 0 Å². The Morgan fingerprint density at radius 3 is 2.23 bits per heavy atom. The molecule has 0 bridgehead atoms. The summed E-state index contributed by atoms with van der Waals surface area (Å²) in [4.78, 5) is 2.41. The van der Waals surface area contributed by atoms with Crippen molar-refractivity contribution in [1.82, 2.24) is 9.47 Å². The van der Waals surface area contributed by atoms with Gasteiger partial charge in [0.1, 0.15) is 0 Å². The monoisotopic (exact) mass is 448 g/mol. The van der Waals surface area contributed by atoms with Gasteiger partial charge in [0.05, 0.1) is 5.56 Å². The lowest BCUT2D eigenvalue weighted by molar-refractivity contribution is -0.137. The van der Waals surface area contributed by atoms with E-state index in [-0.39, 0.29) is 0 Å². The highest BCUT2D eigenvalue weighted by molar-refractivity contribution is 6.30. The third-order valence-electron chi connectivity index (χ3n) is 5.74. The second-order valence-electron chi connectivity index (χ2n) is 8.34. The second kappa shape index (κ2) is 9.92. The molecular formula is C25H28ClF3N2. The Bertz CT molecular complexity index is 977. The predicted molar refractivity (Wildman–Crippen MR) is 120 cm³/mol. The van der Waals surface area contributed by atoms with Crippen LogP contribution in [0.15, 0.2) is 66.9 Å². The molecule has 0 radical (unpaired) electrons. The van der Waals surface area contributed by atoms with Gasteiger partial charge in [-0.05, 0) is 60.4 Å². The van der Waals surface area contributed by atoms with Crippen LogP contribution in [-0.4, -0.2) is 15.5 Å². The van der Waals surface area contributed by atoms with Gasteiger partial charge in [-0.25, -0.2) is 0 Å². The first-order chi connectivity index (χ1) is 14.6. The van der Waals surface area contributed by atoms with E-state index in [2.05, 4.69) is 42.4 Å². The standard InChI is InChI=1S/C25H28ClF3N2/c1-18(2)19(3)31(16-21-6-4-7-23(26)14-21)17-24-8-5-13-30(24)15-20-9-11-22(12-10-20)25(27,28)29/h4-14,18-19H,15-17H2,1-3H3. The van der Waals surface area contributed by atoms with Crippen LogP contribution in [0.5, 0.6) is 0 Å². The molecule has 3 rings (SSSR count). The average Bonchev–Trinajstić information content (AvgIpc) is 3.13. The van der Waals surface area contributed by atoms with Crippen molar-refractivity contribution in [2.24, 2.45) is 5.92 Å². The highest BCUT2D eigenvalue weighted by atomic mass is 35.5. The fourth-order valence-electron chi connectivity index (χ4n) is 3.59. The molecule has 0 fully saturated rings. The fourth-order valence-corrected chi connectivity index (χ4v) is 3.80. The molecule has 0 N–H and O–H groups in total. The van der Waals surface area contributed by atoms with E-state index in [0.717, 1.165) is 47.1 Å². The van der Waals surface area contributed by atoms with E-state index in [0.29, 0.717) is 18.5 Å². The highest BCUT2D eigenvalue weighted by Gasteiger charge is 2.30. The Morgan fingerprint density at radius 2 is 1.61 bits per heavy atom. The molecule has 2 aromatic carbocycles. The lowest BCUT2D eigenvalue weighted by Crippen LogP contribution is -2.36. The summed E-state index contributed by atoms with van der Waals surface area (Å²) in [5, 5.41) is 0.723. The van der Waals surface area contributed by atoms with E-state index in [1.165, 1.54) is 0 Å². The summed E-state index contributed by atoms with van der Waals surface area (Å²) < 4.78 is 40.6. The average molecular weight is 449 g/mol. The van der Waals surface area contributed by atoms with E-state index in [1.54, 1.807) is 12.1 Å². The van der Waals surface area contributed by atoms with Crippen molar-refractivity contribution >= 4 is 11.6 Å². The largest absolute Gasteiger partial charge is 0.416 e. The Morgan fingerprint density at radius 1 is 0.903 bits per heavy atom. The van der Waals surface area contributed by atoms with Crippen LogP contribution >= 0.6 is 11.6 Å². The van der Waals surface area contributed by atoms with Crippen LogP contribution in [0, 0.1) is 5.92 Å². The van der Waals surface area contributed by atoms with E-state index in [9.17, 15) is 13.2 Å². The first kappa shape index (κ1) is 23.4. The molecule has 0 amide bonds. The third kappa shape index (κ3) is 6.37. The minimum absolute atomic E-state index is 0.341. The van der Waals surface area contributed by atoms with Crippen LogP contribution in [0.1, 0.15) is 43.2 Å². The van der Waals surface area contributed by atoms with Gasteiger partial charge in [-0.1, -0.05) is 49.7 Å². The van der Waals surface area contributed by atoms with Crippen molar-refractivity contribution in [3.8, 4) is 0 Å². The van der Waals surface area contributed by atoms with Crippen LogP contribution in [0.2, 0.25) is 5.02 Å².